The van der Waals surface area contributed by atoms with Gasteiger partial charge in [-0.05, 0) is 0 Å². The molecule has 0 aromatic heterocycles. The summed E-state index contributed by atoms with van der Waals surface area (Å²) in [5.41, 5.74) is 4.74. The van der Waals surface area contributed by atoms with Gasteiger partial charge in [0.2, 0.25) is 0 Å². The zero-order valence-electron chi connectivity index (χ0n) is 9.63. The van der Waals surface area contributed by atoms with E-state index < -0.39 is 24.1 Å². The monoisotopic (exact) mass is 261 g/mol. The molecule has 0 aromatic carbocycles. The first-order chi connectivity index (χ1) is 8.52. The minimum atomic E-state index is -1.13. The van der Waals surface area contributed by atoms with Gasteiger partial charge in [-0.25, -0.2) is 14.4 Å². The van der Waals surface area contributed by atoms with Crippen LogP contribution >= 0.6 is 0 Å². The zero-order chi connectivity index (χ0) is 13.5. The quantitative estimate of drug-likeness (QED) is 0.532. The highest BCUT2D eigenvalue weighted by atomic mass is 16.5. The molecular weight excluding hydrogens is 246 g/mol. The Morgan fingerprint density at radius 2 is 2.22 bits per heavy atom. The van der Waals surface area contributed by atoms with E-state index in [0.717, 1.165) is 4.90 Å². The number of amides is 3. The number of nitrogens with two attached hydrogens (primary N) is 1. The van der Waals surface area contributed by atoms with Crippen LogP contribution in [0.5, 0.6) is 0 Å². The molecule has 0 radical (unpaired) electrons. The normalized spacial score (nSPS) is 19.1. The molecule has 3 amide bonds. The lowest BCUT2D eigenvalue weighted by molar-refractivity contribution is -0.147. The van der Waals surface area contributed by atoms with Crippen molar-refractivity contribution in [1.29, 1.82) is 0 Å². The molecule has 1 aliphatic heterocycles. The lowest BCUT2D eigenvalue weighted by Crippen LogP contribution is -2.56. The SMILES string of the molecule is NC(=O)OCCNC(=O)N1CCOCC1C(=O)O. The highest BCUT2D eigenvalue weighted by Crippen LogP contribution is 2.07. The lowest BCUT2D eigenvalue weighted by Gasteiger charge is -2.32. The summed E-state index contributed by atoms with van der Waals surface area (Å²) < 4.78 is 9.41. The van der Waals surface area contributed by atoms with Crippen LogP contribution in [0.4, 0.5) is 9.59 Å². The van der Waals surface area contributed by atoms with Gasteiger partial charge in [-0.15, -0.1) is 0 Å². The molecule has 1 aliphatic rings. The number of morpholine rings is 1. The van der Waals surface area contributed by atoms with Gasteiger partial charge < -0.3 is 30.5 Å². The fraction of sp³-hybridized carbons (Fsp3) is 0.667. The number of aliphatic carboxylic acids is 1. The van der Waals surface area contributed by atoms with E-state index in [-0.39, 0.29) is 32.9 Å². The Balaban J connectivity index is 2.38. The molecule has 0 aliphatic carbocycles. The van der Waals surface area contributed by atoms with Crippen LogP contribution in [0.1, 0.15) is 0 Å². The van der Waals surface area contributed by atoms with Crippen LogP contribution in [0.15, 0.2) is 0 Å². The van der Waals surface area contributed by atoms with Crippen LogP contribution in [-0.2, 0) is 14.3 Å². The van der Waals surface area contributed by atoms with E-state index in [0.29, 0.717) is 0 Å². The average molecular weight is 261 g/mol. The van der Waals surface area contributed by atoms with Crippen LogP contribution in [0.25, 0.3) is 0 Å². The third-order valence-electron chi connectivity index (χ3n) is 2.30. The van der Waals surface area contributed by atoms with Crippen LogP contribution < -0.4 is 11.1 Å². The second-order valence-electron chi connectivity index (χ2n) is 3.52. The van der Waals surface area contributed by atoms with Gasteiger partial charge in [0.25, 0.3) is 0 Å². The van der Waals surface area contributed by atoms with Gasteiger partial charge in [0.15, 0.2) is 6.04 Å². The Bertz CT molecular complexity index is 334. The Morgan fingerprint density at radius 1 is 1.50 bits per heavy atom. The molecule has 0 aromatic rings. The highest BCUT2D eigenvalue weighted by Gasteiger charge is 2.32. The first-order valence-corrected chi connectivity index (χ1v) is 5.29. The van der Waals surface area contributed by atoms with Crippen LogP contribution in [0, 0.1) is 0 Å². The number of nitrogens with zero attached hydrogens (tertiary/aromatic N) is 1. The van der Waals surface area contributed by atoms with E-state index in [9.17, 15) is 14.4 Å². The second kappa shape index (κ2) is 6.64. The predicted octanol–water partition coefficient (Wildman–Crippen LogP) is -1.42. The first-order valence-electron chi connectivity index (χ1n) is 5.29. The van der Waals surface area contributed by atoms with E-state index in [1.807, 2.05) is 0 Å². The summed E-state index contributed by atoms with van der Waals surface area (Å²) in [6.07, 6.45) is -0.931. The maximum Gasteiger partial charge on any atom is 0.404 e. The van der Waals surface area contributed by atoms with Crippen LogP contribution in [0.2, 0.25) is 0 Å². The third kappa shape index (κ3) is 4.09. The van der Waals surface area contributed by atoms with Crippen molar-refractivity contribution in [2.75, 3.05) is 32.9 Å². The van der Waals surface area contributed by atoms with Gasteiger partial charge in [-0.3, -0.25) is 0 Å². The maximum atomic E-state index is 11.7. The number of rotatable bonds is 4. The summed E-state index contributed by atoms with van der Waals surface area (Å²) in [6.45, 7) is 0.434. The topological polar surface area (TPSA) is 131 Å². The lowest BCUT2D eigenvalue weighted by atomic mass is 10.2. The summed E-state index contributed by atoms with van der Waals surface area (Å²) in [5, 5.41) is 11.3. The Kier molecular flexibility index (Phi) is 5.18. The van der Waals surface area contributed by atoms with Crippen molar-refractivity contribution in [3.63, 3.8) is 0 Å². The molecule has 1 heterocycles. The van der Waals surface area contributed by atoms with Crippen molar-refractivity contribution in [2.45, 2.75) is 6.04 Å². The fourth-order valence-corrected chi connectivity index (χ4v) is 1.46. The van der Waals surface area contributed by atoms with Crippen molar-refractivity contribution in [1.82, 2.24) is 10.2 Å². The number of ether oxygens (including phenoxy) is 2. The van der Waals surface area contributed by atoms with Gasteiger partial charge in [0.1, 0.15) is 6.61 Å². The van der Waals surface area contributed by atoms with Gasteiger partial charge in [-0.2, -0.15) is 0 Å². The summed E-state index contributed by atoms with van der Waals surface area (Å²) in [4.78, 5) is 34.0. The molecular formula is C9H15N3O6. The van der Waals surface area contributed by atoms with E-state index in [1.165, 1.54) is 0 Å². The molecule has 1 rings (SSSR count). The van der Waals surface area contributed by atoms with Crippen molar-refractivity contribution in [3.05, 3.63) is 0 Å². The van der Waals surface area contributed by atoms with Crippen molar-refractivity contribution in [2.24, 2.45) is 5.73 Å². The van der Waals surface area contributed by atoms with E-state index in [1.54, 1.807) is 0 Å². The van der Waals surface area contributed by atoms with E-state index in [2.05, 4.69) is 10.1 Å². The van der Waals surface area contributed by atoms with Crippen molar-refractivity contribution in [3.8, 4) is 0 Å². The van der Waals surface area contributed by atoms with Crippen LogP contribution in [-0.4, -0.2) is 67.1 Å². The van der Waals surface area contributed by atoms with Crippen LogP contribution in [0.3, 0.4) is 0 Å². The van der Waals surface area contributed by atoms with E-state index >= 15 is 0 Å². The number of hydrogen-bond donors (Lipinski definition) is 3. The Labute approximate surface area is 103 Å². The molecule has 1 saturated heterocycles. The van der Waals surface area contributed by atoms with Gasteiger partial charge in [0, 0.05) is 6.54 Å². The first kappa shape index (κ1) is 14.0. The predicted molar refractivity (Wildman–Crippen MR) is 57.9 cm³/mol. The molecule has 0 bridgehead atoms. The van der Waals surface area contributed by atoms with Gasteiger partial charge in [0.05, 0.1) is 19.8 Å². The summed E-state index contributed by atoms with van der Waals surface area (Å²) in [7, 11) is 0. The summed E-state index contributed by atoms with van der Waals surface area (Å²) >= 11 is 0. The van der Waals surface area contributed by atoms with Crippen molar-refractivity contribution < 1.29 is 29.0 Å². The zero-order valence-corrected chi connectivity index (χ0v) is 9.63. The molecule has 1 unspecified atom stereocenters. The number of carboxylic acids is 1. The number of carboxylic acid groups (broad SMARTS) is 1. The minimum absolute atomic E-state index is 0.0411. The highest BCUT2D eigenvalue weighted by molar-refractivity contribution is 5.83. The summed E-state index contributed by atoms with van der Waals surface area (Å²) in [5.74, 6) is -1.13. The minimum Gasteiger partial charge on any atom is -0.480 e. The molecule has 9 heteroatoms. The van der Waals surface area contributed by atoms with Gasteiger partial charge >= 0.3 is 18.1 Å². The number of urea groups is 1. The maximum absolute atomic E-state index is 11.7. The molecule has 0 spiro atoms. The summed E-state index contributed by atoms with van der Waals surface area (Å²) in [6, 6.07) is -1.55. The molecule has 4 N–H and O–H groups in total. The Morgan fingerprint density at radius 3 is 2.83 bits per heavy atom. The molecule has 1 fully saturated rings. The number of nitrogens with one attached hydrogen (secondary N) is 1. The molecule has 18 heavy (non-hydrogen) atoms. The molecule has 102 valence electrons. The number of hydrogen-bond acceptors (Lipinski definition) is 5. The average Bonchev–Trinajstić information content (AvgIpc) is 2.34. The third-order valence-corrected chi connectivity index (χ3v) is 2.30. The molecule has 9 nitrogen and oxygen atoms in total. The Hall–Kier alpha value is -2.03. The second-order valence-corrected chi connectivity index (χ2v) is 3.52. The standard InChI is InChI=1S/C9H15N3O6/c10-8(15)18-3-1-11-9(16)12-2-4-17-5-6(12)7(13)14/h6H,1-5H2,(H2,10,15)(H,11,16)(H,13,14). The number of primary amides is 1. The van der Waals surface area contributed by atoms with E-state index in [4.69, 9.17) is 15.6 Å². The number of carbonyl (C=O) groups excluding carboxylic acids is 2. The number of carbonyl (C=O) groups is 3. The van der Waals surface area contributed by atoms with Crippen molar-refractivity contribution >= 4 is 18.1 Å². The molecule has 1 atom stereocenters. The van der Waals surface area contributed by atoms with Gasteiger partial charge in [-0.1, -0.05) is 0 Å². The molecule has 0 saturated carbocycles. The largest absolute Gasteiger partial charge is 0.480 e. The smallest absolute Gasteiger partial charge is 0.404 e. The fourth-order valence-electron chi connectivity index (χ4n) is 1.46.